The number of anilines is 1. The number of hydrogen-bond donors (Lipinski definition) is 1. The first kappa shape index (κ1) is 23.2. The first-order valence-electron chi connectivity index (χ1n) is 10.6. The largest absolute Gasteiger partial charge is 0.354 e. The molecule has 0 spiro atoms. The van der Waals surface area contributed by atoms with E-state index in [0.717, 1.165) is 10.7 Å². The SMILES string of the molecule is O=C(NCCS(=O)(=O)N1CCN(c2ccccn2)CC1)c1cccnc1Sc1ccccc1. The molecular weight excluding hydrogens is 458 g/mol. The fourth-order valence-electron chi connectivity index (χ4n) is 3.50. The summed E-state index contributed by atoms with van der Waals surface area (Å²) in [6, 6.07) is 18.7. The van der Waals surface area contributed by atoms with Crippen LogP contribution in [0.4, 0.5) is 5.82 Å². The van der Waals surface area contributed by atoms with Gasteiger partial charge >= 0.3 is 0 Å². The van der Waals surface area contributed by atoms with Gasteiger partial charge in [-0.15, -0.1) is 0 Å². The molecule has 172 valence electrons. The zero-order chi connectivity index (χ0) is 23.1. The van der Waals surface area contributed by atoms with Gasteiger partial charge in [0.2, 0.25) is 10.0 Å². The molecule has 1 fully saturated rings. The molecule has 1 aliphatic heterocycles. The molecule has 1 amide bonds. The lowest BCUT2D eigenvalue weighted by molar-refractivity contribution is 0.0952. The molecule has 0 unspecified atom stereocenters. The highest BCUT2D eigenvalue weighted by molar-refractivity contribution is 7.99. The van der Waals surface area contributed by atoms with Crippen LogP contribution in [0.25, 0.3) is 0 Å². The quantitative estimate of drug-likeness (QED) is 0.526. The third-order valence-corrected chi connectivity index (χ3v) is 8.12. The fraction of sp³-hybridized carbons (Fsp3) is 0.261. The molecule has 3 aromatic rings. The standard InChI is InChI=1S/C23H25N5O3S2/c29-22(20-9-6-12-26-23(20)32-19-7-2-1-3-8-19)25-13-18-33(30,31)28-16-14-27(15-17-28)21-10-4-5-11-24-21/h1-12H,13-18H2,(H,25,29). The highest BCUT2D eigenvalue weighted by atomic mass is 32.2. The van der Waals surface area contributed by atoms with E-state index in [2.05, 4.69) is 20.2 Å². The maximum atomic E-state index is 12.8. The van der Waals surface area contributed by atoms with E-state index in [4.69, 9.17) is 0 Å². The highest BCUT2D eigenvalue weighted by Crippen LogP contribution is 2.28. The Kier molecular flexibility index (Phi) is 7.58. The minimum absolute atomic E-state index is 0.0337. The summed E-state index contributed by atoms with van der Waals surface area (Å²) in [6.45, 7) is 1.99. The maximum absolute atomic E-state index is 12.8. The number of amides is 1. The molecule has 33 heavy (non-hydrogen) atoms. The topological polar surface area (TPSA) is 95.5 Å². The van der Waals surface area contributed by atoms with Gasteiger partial charge in [0.15, 0.2) is 0 Å². The average molecular weight is 484 g/mol. The lowest BCUT2D eigenvalue weighted by atomic mass is 10.3. The second kappa shape index (κ2) is 10.8. The van der Waals surface area contributed by atoms with Crippen molar-refractivity contribution in [2.24, 2.45) is 0 Å². The summed E-state index contributed by atoms with van der Waals surface area (Å²) in [4.78, 5) is 24.4. The van der Waals surface area contributed by atoms with E-state index in [1.54, 1.807) is 24.5 Å². The van der Waals surface area contributed by atoms with Crippen LogP contribution in [0.3, 0.4) is 0 Å². The zero-order valence-corrected chi connectivity index (χ0v) is 19.6. The second-order valence-electron chi connectivity index (χ2n) is 7.42. The molecule has 0 aliphatic carbocycles. The summed E-state index contributed by atoms with van der Waals surface area (Å²) in [7, 11) is -3.47. The Morgan fingerprint density at radius 2 is 1.64 bits per heavy atom. The summed E-state index contributed by atoms with van der Waals surface area (Å²) in [5.74, 6) is 0.364. The van der Waals surface area contributed by atoms with E-state index in [9.17, 15) is 13.2 Å². The lowest BCUT2D eigenvalue weighted by Crippen LogP contribution is -2.50. The minimum atomic E-state index is -3.47. The molecule has 2 aromatic heterocycles. The number of aromatic nitrogens is 2. The Morgan fingerprint density at radius 3 is 2.36 bits per heavy atom. The molecule has 0 atom stereocenters. The molecular formula is C23H25N5O3S2. The predicted molar refractivity (Wildman–Crippen MR) is 129 cm³/mol. The predicted octanol–water partition coefficient (Wildman–Crippen LogP) is 2.51. The van der Waals surface area contributed by atoms with Crippen molar-refractivity contribution in [1.82, 2.24) is 19.6 Å². The molecule has 3 heterocycles. The first-order valence-corrected chi connectivity index (χ1v) is 13.1. The first-order chi connectivity index (χ1) is 16.0. The number of hydrogen-bond acceptors (Lipinski definition) is 7. The van der Waals surface area contributed by atoms with Crippen molar-refractivity contribution in [3.63, 3.8) is 0 Å². The summed E-state index contributed by atoms with van der Waals surface area (Å²) in [5.41, 5.74) is 0.424. The van der Waals surface area contributed by atoms with Gasteiger partial charge in [-0.2, -0.15) is 4.31 Å². The van der Waals surface area contributed by atoms with Crippen molar-refractivity contribution in [3.8, 4) is 0 Å². The molecule has 0 bridgehead atoms. The summed E-state index contributed by atoms with van der Waals surface area (Å²) >= 11 is 1.39. The van der Waals surface area contributed by atoms with Gasteiger partial charge in [0.05, 0.1) is 11.3 Å². The Morgan fingerprint density at radius 1 is 0.909 bits per heavy atom. The summed E-state index contributed by atoms with van der Waals surface area (Å²) in [5, 5.41) is 3.31. The van der Waals surface area contributed by atoms with Gasteiger partial charge in [-0.25, -0.2) is 18.4 Å². The Hall–Kier alpha value is -2.95. The van der Waals surface area contributed by atoms with Crippen molar-refractivity contribution in [2.45, 2.75) is 9.92 Å². The zero-order valence-electron chi connectivity index (χ0n) is 18.0. The van der Waals surface area contributed by atoms with Gasteiger partial charge in [-0.3, -0.25) is 4.79 Å². The molecule has 1 aliphatic rings. The number of carbonyl (C=O) groups excluding carboxylic acids is 1. The van der Waals surface area contributed by atoms with E-state index in [1.807, 2.05) is 48.5 Å². The van der Waals surface area contributed by atoms with Crippen LogP contribution in [0.15, 0.2) is 83.0 Å². The number of sulfonamides is 1. The van der Waals surface area contributed by atoms with E-state index in [1.165, 1.54) is 16.1 Å². The van der Waals surface area contributed by atoms with E-state index >= 15 is 0 Å². The Bertz CT molecular complexity index is 1170. The fourth-order valence-corrected chi connectivity index (χ4v) is 5.74. The maximum Gasteiger partial charge on any atom is 0.254 e. The van der Waals surface area contributed by atoms with Crippen LogP contribution in [0, 0.1) is 0 Å². The number of pyridine rings is 2. The smallest absolute Gasteiger partial charge is 0.254 e. The molecule has 4 rings (SSSR count). The van der Waals surface area contributed by atoms with E-state index in [0.29, 0.717) is 36.8 Å². The van der Waals surface area contributed by atoms with Crippen LogP contribution in [-0.4, -0.2) is 67.1 Å². The van der Waals surface area contributed by atoms with Gasteiger partial charge in [0, 0.05) is 50.0 Å². The number of carbonyl (C=O) groups is 1. The van der Waals surface area contributed by atoms with Crippen LogP contribution >= 0.6 is 11.8 Å². The van der Waals surface area contributed by atoms with Crippen LogP contribution < -0.4 is 10.2 Å². The van der Waals surface area contributed by atoms with E-state index in [-0.39, 0.29) is 18.2 Å². The van der Waals surface area contributed by atoms with Crippen molar-refractivity contribution >= 4 is 33.5 Å². The molecule has 10 heteroatoms. The van der Waals surface area contributed by atoms with Gasteiger partial charge in [0.25, 0.3) is 5.91 Å². The van der Waals surface area contributed by atoms with Gasteiger partial charge < -0.3 is 10.2 Å². The minimum Gasteiger partial charge on any atom is -0.354 e. The molecule has 1 saturated heterocycles. The van der Waals surface area contributed by atoms with Crippen LogP contribution in [0.1, 0.15) is 10.4 Å². The van der Waals surface area contributed by atoms with E-state index < -0.39 is 10.0 Å². The van der Waals surface area contributed by atoms with Crippen molar-refractivity contribution in [3.05, 3.63) is 78.6 Å². The van der Waals surface area contributed by atoms with Crippen LogP contribution in [0.2, 0.25) is 0 Å². The molecule has 0 radical (unpaired) electrons. The second-order valence-corrected chi connectivity index (χ2v) is 10.6. The van der Waals surface area contributed by atoms with Crippen molar-refractivity contribution in [2.75, 3.05) is 43.4 Å². The van der Waals surface area contributed by atoms with Gasteiger partial charge in [0.1, 0.15) is 10.8 Å². The number of nitrogens with zero attached hydrogens (tertiary/aromatic N) is 4. The number of benzene rings is 1. The number of nitrogens with one attached hydrogen (secondary N) is 1. The average Bonchev–Trinajstić information content (AvgIpc) is 2.85. The third kappa shape index (κ3) is 6.10. The highest BCUT2D eigenvalue weighted by Gasteiger charge is 2.27. The summed E-state index contributed by atoms with van der Waals surface area (Å²) < 4.78 is 27.0. The Labute approximate surface area is 198 Å². The van der Waals surface area contributed by atoms with Gasteiger partial charge in [-0.1, -0.05) is 36.0 Å². The van der Waals surface area contributed by atoms with Crippen molar-refractivity contribution < 1.29 is 13.2 Å². The Balaban J connectivity index is 1.30. The van der Waals surface area contributed by atoms with Gasteiger partial charge in [-0.05, 0) is 36.4 Å². The molecule has 8 nitrogen and oxygen atoms in total. The van der Waals surface area contributed by atoms with Crippen LogP contribution in [0.5, 0.6) is 0 Å². The monoisotopic (exact) mass is 483 g/mol. The molecule has 1 N–H and O–H groups in total. The molecule has 1 aromatic carbocycles. The lowest BCUT2D eigenvalue weighted by Gasteiger charge is -2.34. The van der Waals surface area contributed by atoms with Crippen molar-refractivity contribution in [1.29, 1.82) is 0 Å². The normalized spacial score (nSPS) is 14.7. The summed E-state index contributed by atoms with van der Waals surface area (Å²) in [6.07, 6.45) is 3.37. The molecule has 0 saturated carbocycles. The number of rotatable bonds is 8. The van der Waals surface area contributed by atoms with Crippen LogP contribution in [-0.2, 0) is 10.0 Å². The third-order valence-electron chi connectivity index (χ3n) is 5.22. The number of piperazine rings is 1.